The van der Waals surface area contributed by atoms with E-state index in [2.05, 4.69) is 27.8 Å². The van der Waals surface area contributed by atoms with E-state index < -0.39 is 0 Å². The molecule has 0 aromatic rings. The van der Waals surface area contributed by atoms with E-state index in [0.29, 0.717) is 5.92 Å². The van der Waals surface area contributed by atoms with E-state index in [1.165, 1.54) is 4.90 Å². The van der Waals surface area contributed by atoms with Crippen molar-refractivity contribution in [1.82, 2.24) is 0 Å². The fraction of sp³-hybridized carbons (Fsp3) is 1.00. The van der Waals surface area contributed by atoms with Gasteiger partial charge in [-0.25, -0.2) is 0 Å². The van der Waals surface area contributed by atoms with Crippen LogP contribution in [0.3, 0.4) is 0 Å². The maximum absolute atomic E-state index is 9.62. The standard InChI is InChI=1S/C9H19NO/c1-7-6-10(4)9(2,3)5-8(7)11/h7-8,11H,5-6H2,1-4H3/p+1/t7-,8+/m1/s1. The Kier molecular flexibility index (Phi) is 2.26. The highest BCUT2D eigenvalue weighted by Crippen LogP contribution is 2.17. The number of aliphatic hydroxyl groups excluding tert-OH is 1. The summed E-state index contributed by atoms with van der Waals surface area (Å²) in [6.07, 6.45) is 0.841. The van der Waals surface area contributed by atoms with Crippen molar-refractivity contribution in [2.24, 2.45) is 5.92 Å². The molecule has 1 rings (SSSR count). The molecule has 1 aliphatic rings. The lowest BCUT2D eigenvalue weighted by atomic mass is 9.84. The molecule has 0 bridgehead atoms. The van der Waals surface area contributed by atoms with E-state index in [9.17, 15) is 5.11 Å². The summed E-state index contributed by atoms with van der Waals surface area (Å²) in [5, 5.41) is 9.62. The summed E-state index contributed by atoms with van der Waals surface area (Å²) in [5.74, 6) is 0.461. The Hall–Kier alpha value is -0.0800. The lowest BCUT2D eigenvalue weighted by Gasteiger charge is -2.41. The van der Waals surface area contributed by atoms with Crippen molar-refractivity contribution in [1.29, 1.82) is 0 Å². The first-order valence-electron chi connectivity index (χ1n) is 4.44. The van der Waals surface area contributed by atoms with Gasteiger partial charge in [0.2, 0.25) is 0 Å². The lowest BCUT2D eigenvalue weighted by Crippen LogP contribution is -3.18. The van der Waals surface area contributed by atoms with Gasteiger partial charge in [0.25, 0.3) is 0 Å². The van der Waals surface area contributed by atoms with Crippen molar-refractivity contribution in [3.8, 4) is 0 Å². The van der Waals surface area contributed by atoms with Gasteiger partial charge in [-0.1, -0.05) is 6.92 Å². The molecule has 0 saturated carbocycles. The van der Waals surface area contributed by atoms with Crippen LogP contribution in [0.2, 0.25) is 0 Å². The SMILES string of the molecule is C[C@@H]1C[NH+](C)C(C)(C)C[C@@H]1O. The number of rotatable bonds is 0. The second-order valence-electron chi connectivity index (χ2n) is 4.62. The Morgan fingerprint density at radius 3 is 2.45 bits per heavy atom. The van der Waals surface area contributed by atoms with E-state index in [1.807, 2.05) is 0 Å². The molecule has 0 amide bonds. The second-order valence-corrected chi connectivity index (χ2v) is 4.62. The number of aliphatic hydroxyl groups is 1. The molecule has 1 aliphatic heterocycles. The van der Waals surface area contributed by atoms with Gasteiger partial charge in [0, 0.05) is 12.3 Å². The van der Waals surface area contributed by atoms with Crippen LogP contribution in [-0.2, 0) is 0 Å². The molecule has 1 unspecified atom stereocenters. The molecule has 0 aromatic carbocycles. The molecule has 2 heteroatoms. The van der Waals surface area contributed by atoms with Crippen LogP contribution in [0, 0.1) is 5.92 Å². The highest BCUT2D eigenvalue weighted by Gasteiger charge is 2.38. The van der Waals surface area contributed by atoms with Gasteiger partial charge in [0.1, 0.15) is 0 Å². The summed E-state index contributed by atoms with van der Waals surface area (Å²) in [5.41, 5.74) is 0.256. The van der Waals surface area contributed by atoms with E-state index in [-0.39, 0.29) is 11.6 Å². The Balaban J connectivity index is 2.63. The summed E-state index contributed by atoms with van der Waals surface area (Å²) < 4.78 is 0. The Morgan fingerprint density at radius 2 is 2.00 bits per heavy atom. The number of quaternary nitrogens is 1. The zero-order valence-electron chi connectivity index (χ0n) is 8.02. The molecule has 1 heterocycles. The van der Waals surface area contributed by atoms with Crippen LogP contribution in [0.15, 0.2) is 0 Å². The van der Waals surface area contributed by atoms with Crippen LogP contribution < -0.4 is 4.90 Å². The summed E-state index contributed by atoms with van der Waals surface area (Å²) in [7, 11) is 2.21. The predicted octanol–water partition coefficient (Wildman–Crippen LogP) is -0.320. The average Bonchev–Trinajstić information content (AvgIpc) is 1.83. The number of likely N-dealkylation sites (tertiary alicyclic amines) is 1. The average molecular weight is 158 g/mol. The largest absolute Gasteiger partial charge is 0.392 e. The van der Waals surface area contributed by atoms with Crippen molar-refractivity contribution in [3.05, 3.63) is 0 Å². The van der Waals surface area contributed by atoms with Crippen LogP contribution in [-0.4, -0.2) is 30.3 Å². The highest BCUT2D eigenvalue weighted by atomic mass is 16.3. The van der Waals surface area contributed by atoms with Crippen LogP contribution >= 0.6 is 0 Å². The van der Waals surface area contributed by atoms with Gasteiger partial charge in [-0.3, -0.25) is 0 Å². The molecule has 0 aromatic heterocycles. The first-order chi connectivity index (χ1) is 4.93. The van der Waals surface area contributed by atoms with Crippen LogP contribution in [0.1, 0.15) is 27.2 Å². The van der Waals surface area contributed by atoms with Crippen LogP contribution in [0.4, 0.5) is 0 Å². The number of hydrogen-bond acceptors (Lipinski definition) is 1. The van der Waals surface area contributed by atoms with Crippen molar-refractivity contribution in [3.63, 3.8) is 0 Å². The van der Waals surface area contributed by atoms with E-state index in [4.69, 9.17) is 0 Å². The topological polar surface area (TPSA) is 24.7 Å². The number of piperidine rings is 1. The van der Waals surface area contributed by atoms with Crippen LogP contribution in [0.25, 0.3) is 0 Å². The monoisotopic (exact) mass is 158 g/mol. The molecule has 3 atom stereocenters. The van der Waals surface area contributed by atoms with Gasteiger partial charge >= 0.3 is 0 Å². The van der Waals surface area contributed by atoms with Gasteiger partial charge in [-0.05, 0) is 13.8 Å². The molecule has 0 aliphatic carbocycles. The molecule has 66 valence electrons. The van der Waals surface area contributed by atoms with Crippen molar-refractivity contribution >= 4 is 0 Å². The van der Waals surface area contributed by atoms with Gasteiger partial charge in [0.15, 0.2) is 0 Å². The highest BCUT2D eigenvalue weighted by molar-refractivity contribution is 4.79. The van der Waals surface area contributed by atoms with Crippen LogP contribution in [0.5, 0.6) is 0 Å². The molecule has 2 N–H and O–H groups in total. The van der Waals surface area contributed by atoms with Gasteiger partial charge in [-0.2, -0.15) is 0 Å². The molecule has 2 nitrogen and oxygen atoms in total. The minimum Gasteiger partial charge on any atom is -0.392 e. The smallest absolute Gasteiger partial charge is 0.0943 e. The van der Waals surface area contributed by atoms with E-state index >= 15 is 0 Å². The maximum Gasteiger partial charge on any atom is 0.0943 e. The summed E-state index contributed by atoms with van der Waals surface area (Å²) in [4.78, 5) is 1.54. The maximum atomic E-state index is 9.62. The Morgan fingerprint density at radius 1 is 1.45 bits per heavy atom. The minimum absolute atomic E-state index is 0.0892. The molecule has 11 heavy (non-hydrogen) atoms. The van der Waals surface area contributed by atoms with Gasteiger partial charge in [0.05, 0.1) is 25.2 Å². The quantitative estimate of drug-likeness (QED) is 0.496. The predicted molar refractivity (Wildman–Crippen MR) is 45.6 cm³/mol. The molecule has 1 fully saturated rings. The molecule has 0 spiro atoms. The number of hydrogen-bond donors (Lipinski definition) is 2. The third-order valence-corrected chi connectivity index (χ3v) is 3.16. The molecule has 1 saturated heterocycles. The zero-order chi connectivity index (χ0) is 8.65. The Bertz CT molecular complexity index is 144. The van der Waals surface area contributed by atoms with Crippen molar-refractivity contribution in [2.45, 2.75) is 38.8 Å². The fourth-order valence-electron chi connectivity index (χ4n) is 1.79. The third-order valence-electron chi connectivity index (χ3n) is 3.16. The first kappa shape index (κ1) is 9.01. The van der Waals surface area contributed by atoms with Gasteiger partial charge in [-0.15, -0.1) is 0 Å². The first-order valence-corrected chi connectivity index (χ1v) is 4.44. The second kappa shape index (κ2) is 2.76. The molecular weight excluding hydrogens is 138 g/mol. The summed E-state index contributed by atoms with van der Waals surface area (Å²) in [6, 6.07) is 0. The molecular formula is C9H20NO+. The minimum atomic E-state index is -0.0892. The Labute approximate surface area is 69.2 Å². The zero-order valence-corrected chi connectivity index (χ0v) is 8.02. The normalized spacial score (nSPS) is 43.9. The number of nitrogens with one attached hydrogen (secondary N) is 1. The lowest BCUT2D eigenvalue weighted by molar-refractivity contribution is -0.940. The van der Waals surface area contributed by atoms with Crippen molar-refractivity contribution < 1.29 is 10.0 Å². The fourth-order valence-corrected chi connectivity index (χ4v) is 1.79. The summed E-state index contributed by atoms with van der Waals surface area (Å²) in [6.45, 7) is 7.66. The third kappa shape index (κ3) is 1.74. The van der Waals surface area contributed by atoms with Crippen molar-refractivity contribution in [2.75, 3.05) is 13.6 Å². The van der Waals surface area contributed by atoms with E-state index in [1.54, 1.807) is 0 Å². The molecule has 0 radical (unpaired) electrons. The van der Waals surface area contributed by atoms with Gasteiger partial charge < -0.3 is 10.0 Å². The van der Waals surface area contributed by atoms with E-state index in [0.717, 1.165) is 13.0 Å². The summed E-state index contributed by atoms with van der Waals surface area (Å²) >= 11 is 0.